The van der Waals surface area contributed by atoms with Crippen LogP contribution in [0.1, 0.15) is 29.8 Å². The van der Waals surface area contributed by atoms with E-state index in [-0.39, 0.29) is 15.7 Å². The van der Waals surface area contributed by atoms with E-state index in [1.165, 1.54) is 6.92 Å². The molecular weight excluding hydrogens is 317 g/mol. The highest BCUT2D eigenvalue weighted by Crippen LogP contribution is 2.32. The molecule has 16 heavy (non-hydrogen) atoms. The van der Waals surface area contributed by atoms with Gasteiger partial charge in [0.1, 0.15) is 0 Å². The van der Waals surface area contributed by atoms with Gasteiger partial charge in [0.25, 0.3) is 0 Å². The summed E-state index contributed by atoms with van der Waals surface area (Å²) >= 11 is 2.22. The summed E-state index contributed by atoms with van der Waals surface area (Å²) < 4.78 is 0.134. The van der Waals surface area contributed by atoms with E-state index < -0.39 is 0 Å². The molecule has 1 atom stereocenters. The zero-order chi connectivity index (χ0) is 11.9. The molecule has 1 aliphatic rings. The Kier molecular flexibility index (Phi) is 3.01. The van der Waals surface area contributed by atoms with E-state index in [2.05, 4.69) is 22.6 Å². The summed E-state index contributed by atoms with van der Waals surface area (Å²) in [5, 5.41) is 0. The highest BCUT2D eigenvalue weighted by atomic mass is 127. The van der Waals surface area contributed by atoms with Crippen LogP contribution in [0.25, 0.3) is 0 Å². The molecule has 0 aromatic heterocycles. The minimum Gasteiger partial charge on any atom is -0.300 e. The quantitative estimate of drug-likeness (QED) is 0.362. The number of nitrogens with zero attached hydrogens (tertiary/aromatic N) is 1. The molecule has 0 spiro atoms. The monoisotopic (exact) mass is 329 g/mol. The van der Waals surface area contributed by atoms with Crippen LogP contribution in [0.5, 0.6) is 0 Å². The summed E-state index contributed by atoms with van der Waals surface area (Å²) in [4.78, 5) is 24.8. The Bertz CT molecular complexity index is 468. The first kappa shape index (κ1) is 11.6. The molecule has 2 rings (SSSR count). The zero-order valence-corrected chi connectivity index (χ0v) is 11.3. The number of halogens is 1. The number of alkyl halides is 1. The van der Waals surface area contributed by atoms with Gasteiger partial charge in [0.2, 0.25) is 5.91 Å². The number of fused-ring (bicyclic) bond motifs is 1. The van der Waals surface area contributed by atoms with Gasteiger partial charge in [-0.25, -0.2) is 0 Å². The van der Waals surface area contributed by atoms with Crippen molar-refractivity contribution in [2.24, 2.45) is 0 Å². The number of benzene rings is 1. The minimum absolute atomic E-state index is 0.0382. The maximum Gasteiger partial charge on any atom is 0.232 e. The fraction of sp³-hybridized carbons (Fsp3) is 0.333. The number of anilines is 1. The molecule has 4 heteroatoms. The smallest absolute Gasteiger partial charge is 0.232 e. The number of hydrogen-bond donors (Lipinski definition) is 0. The third-order valence-corrected chi connectivity index (χ3v) is 3.27. The Balaban J connectivity index is 2.46. The molecule has 0 radical (unpaired) electrons. The lowest BCUT2D eigenvalue weighted by atomic mass is 10.1. The van der Waals surface area contributed by atoms with E-state index in [0.717, 1.165) is 11.3 Å². The largest absolute Gasteiger partial charge is 0.300 e. The van der Waals surface area contributed by atoms with Crippen LogP contribution >= 0.6 is 22.6 Å². The van der Waals surface area contributed by atoms with Gasteiger partial charge in [-0.05, 0) is 37.6 Å². The van der Waals surface area contributed by atoms with Gasteiger partial charge in [-0.2, -0.15) is 0 Å². The molecule has 1 aliphatic heterocycles. The van der Waals surface area contributed by atoms with Crippen molar-refractivity contribution in [3.05, 3.63) is 29.3 Å². The highest BCUT2D eigenvalue weighted by molar-refractivity contribution is 14.1. The van der Waals surface area contributed by atoms with Crippen LogP contribution in [0.4, 0.5) is 5.69 Å². The van der Waals surface area contributed by atoms with Gasteiger partial charge < -0.3 is 0 Å². The third-order valence-electron chi connectivity index (χ3n) is 2.71. The second-order valence-corrected chi connectivity index (χ2v) is 5.72. The van der Waals surface area contributed by atoms with Crippen molar-refractivity contribution in [2.75, 3.05) is 4.90 Å². The number of rotatable bonds is 2. The van der Waals surface area contributed by atoms with Crippen LogP contribution in [0, 0.1) is 0 Å². The minimum atomic E-state index is 0.0382. The number of Topliss-reactive ketones (excluding diaryl/α,β-unsaturated/α-hetero) is 1. The number of carbonyl (C=O) groups excluding carboxylic acids is 2. The molecule has 3 nitrogen and oxygen atoms in total. The summed E-state index contributed by atoms with van der Waals surface area (Å²) in [5.41, 5.74) is 2.58. The molecule has 1 heterocycles. The van der Waals surface area contributed by atoms with E-state index in [4.69, 9.17) is 0 Å². The van der Waals surface area contributed by atoms with Gasteiger partial charge >= 0.3 is 0 Å². The van der Waals surface area contributed by atoms with Crippen LogP contribution < -0.4 is 4.90 Å². The van der Waals surface area contributed by atoms with Crippen molar-refractivity contribution >= 4 is 40.0 Å². The molecule has 0 N–H and O–H groups in total. The number of ketones is 1. The van der Waals surface area contributed by atoms with Crippen molar-refractivity contribution in [2.45, 2.75) is 24.3 Å². The lowest BCUT2D eigenvalue weighted by Crippen LogP contribution is -2.31. The number of amides is 1. The first-order valence-electron chi connectivity index (χ1n) is 5.10. The molecule has 0 fully saturated rings. The lowest BCUT2D eigenvalue weighted by Gasteiger charge is -2.20. The Hall–Kier alpha value is -0.910. The van der Waals surface area contributed by atoms with E-state index in [1.54, 1.807) is 11.0 Å². The predicted molar refractivity (Wildman–Crippen MR) is 71.1 cm³/mol. The Labute approximate surface area is 108 Å². The van der Waals surface area contributed by atoms with Gasteiger partial charge in [0, 0.05) is 11.3 Å². The van der Waals surface area contributed by atoms with E-state index in [9.17, 15) is 9.59 Å². The molecule has 1 aromatic carbocycles. The fourth-order valence-electron chi connectivity index (χ4n) is 1.95. The molecule has 1 unspecified atom stereocenters. The van der Waals surface area contributed by atoms with Crippen LogP contribution in [0.2, 0.25) is 0 Å². The summed E-state index contributed by atoms with van der Waals surface area (Å²) in [5.74, 6) is 0.147. The molecule has 0 saturated carbocycles. The second-order valence-electron chi connectivity index (χ2n) is 3.91. The Morgan fingerprint density at radius 1 is 1.50 bits per heavy atom. The predicted octanol–water partition coefficient (Wildman–Crippen LogP) is 2.56. The van der Waals surface area contributed by atoms with Gasteiger partial charge in [0.15, 0.2) is 5.78 Å². The van der Waals surface area contributed by atoms with E-state index in [1.807, 2.05) is 19.1 Å². The SMILES string of the molecule is CC(=O)c1ccc2c(c1)CC(=O)N2C(C)I. The van der Waals surface area contributed by atoms with Gasteiger partial charge in [-0.1, -0.05) is 22.6 Å². The molecule has 0 aliphatic carbocycles. The average molecular weight is 329 g/mol. The van der Waals surface area contributed by atoms with Crippen molar-refractivity contribution in [3.63, 3.8) is 0 Å². The summed E-state index contributed by atoms with van der Waals surface area (Å²) in [6, 6.07) is 5.48. The van der Waals surface area contributed by atoms with Crippen LogP contribution in [0.3, 0.4) is 0 Å². The van der Waals surface area contributed by atoms with Crippen LogP contribution in [-0.2, 0) is 11.2 Å². The van der Waals surface area contributed by atoms with Gasteiger partial charge in [-0.3, -0.25) is 14.5 Å². The summed E-state index contributed by atoms with van der Waals surface area (Å²) in [6.07, 6.45) is 0.407. The molecular formula is C12H12INO2. The molecule has 0 saturated heterocycles. The van der Waals surface area contributed by atoms with Crippen LogP contribution in [0.15, 0.2) is 18.2 Å². The maximum absolute atomic E-state index is 11.8. The van der Waals surface area contributed by atoms with E-state index >= 15 is 0 Å². The molecule has 1 aromatic rings. The fourth-order valence-corrected chi connectivity index (χ4v) is 2.56. The molecule has 1 amide bonds. The average Bonchev–Trinajstić information content (AvgIpc) is 2.51. The summed E-state index contributed by atoms with van der Waals surface area (Å²) in [6.45, 7) is 3.52. The normalized spacial score (nSPS) is 16.2. The zero-order valence-electron chi connectivity index (χ0n) is 9.16. The molecule has 84 valence electrons. The highest BCUT2D eigenvalue weighted by Gasteiger charge is 2.30. The molecule has 0 bridgehead atoms. The van der Waals surface area contributed by atoms with Gasteiger partial charge in [0.05, 0.1) is 10.5 Å². The Morgan fingerprint density at radius 3 is 2.75 bits per heavy atom. The van der Waals surface area contributed by atoms with Gasteiger partial charge in [-0.15, -0.1) is 0 Å². The van der Waals surface area contributed by atoms with Crippen molar-refractivity contribution in [1.82, 2.24) is 0 Å². The van der Waals surface area contributed by atoms with Crippen molar-refractivity contribution in [3.8, 4) is 0 Å². The van der Waals surface area contributed by atoms with Crippen molar-refractivity contribution in [1.29, 1.82) is 0 Å². The first-order valence-corrected chi connectivity index (χ1v) is 6.35. The number of hydrogen-bond acceptors (Lipinski definition) is 2. The number of carbonyl (C=O) groups is 2. The topological polar surface area (TPSA) is 37.4 Å². The second kappa shape index (κ2) is 4.16. The van der Waals surface area contributed by atoms with Crippen LogP contribution in [-0.4, -0.2) is 15.7 Å². The first-order chi connectivity index (χ1) is 7.50. The third kappa shape index (κ3) is 1.86. The standard InChI is InChI=1S/C12H12INO2/c1-7(15)9-3-4-11-10(5-9)6-12(16)14(11)8(2)13/h3-5,8H,6H2,1-2H3. The maximum atomic E-state index is 11.8. The van der Waals surface area contributed by atoms with E-state index in [0.29, 0.717) is 12.0 Å². The summed E-state index contributed by atoms with van der Waals surface area (Å²) in [7, 11) is 0. The Morgan fingerprint density at radius 2 is 2.19 bits per heavy atom. The lowest BCUT2D eigenvalue weighted by molar-refractivity contribution is -0.117. The van der Waals surface area contributed by atoms with Crippen molar-refractivity contribution < 1.29 is 9.59 Å².